The molecule has 1 atom stereocenters. The fourth-order valence-electron chi connectivity index (χ4n) is 2.56. The molecule has 4 nitrogen and oxygen atoms in total. The Morgan fingerprint density at radius 2 is 2.20 bits per heavy atom. The largest absolute Gasteiger partial charge is 0.493 e. The molecule has 0 aromatic heterocycles. The smallest absolute Gasteiger partial charge is 0.161 e. The first-order valence-electron chi connectivity index (χ1n) is 7.48. The number of methoxy groups -OCH3 is 1. The van der Waals surface area contributed by atoms with Crippen molar-refractivity contribution in [1.29, 1.82) is 0 Å². The third kappa shape index (κ3) is 4.12. The topological polar surface area (TPSA) is 33.7 Å². The third-order valence-electron chi connectivity index (χ3n) is 3.55. The summed E-state index contributed by atoms with van der Waals surface area (Å²) in [6.45, 7) is 9.30. The number of hydrogen-bond donors (Lipinski definition) is 1. The lowest BCUT2D eigenvalue weighted by Crippen LogP contribution is -2.48. The molecule has 1 aromatic rings. The summed E-state index contributed by atoms with van der Waals surface area (Å²) in [6.07, 6.45) is 1.00. The summed E-state index contributed by atoms with van der Waals surface area (Å²) < 4.78 is 11.1. The van der Waals surface area contributed by atoms with Gasteiger partial charge in [0.25, 0.3) is 0 Å². The average Bonchev–Trinajstić information content (AvgIpc) is 2.45. The highest BCUT2D eigenvalue weighted by Crippen LogP contribution is 2.28. The SMILES string of the molecule is CCCOc1cc(CN2CCNC(C)C2)ccc1OC. The van der Waals surface area contributed by atoms with Crippen LogP contribution in [0.3, 0.4) is 0 Å². The van der Waals surface area contributed by atoms with Crippen molar-refractivity contribution in [2.45, 2.75) is 32.9 Å². The molecule has 4 heteroatoms. The molecule has 2 rings (SSSR count). The van der Waals surface area contributed by atoms with Crippen molar-refractivity contribution in [3.63, 3.8) is 0 Å². The molecule has 112 valence electrons. The minimum absolute atomic E-state index is 0.567. The van der Waals surface area contributed by atoms with Gasteiger partial charge in [0.2, 0.25) is 0 Å². The highest BCUT2D eigenvalue weighted by molar-refractivity contribution is 5.43. The molecule has 1 N–H and O–H groups in total. The van der Waals surface area contributed by atoms with E-state index in [2.05, 4.69) is 36.2 Å². The van der Waals surface area contributed by atoms with Crippen LogP contribution in [0.2, 0.25) is 0 Å². The van der Waals surface area contributed by atoms with Gasteiger partial charge in [-0.1, -0.05) is 13.0 Å². The van der Waals surface area contributed by atoms with Crippen LogP contribution in [0.25, 0.3) is 0 Å². The van der Waals surface area contributed by atoms with E-state index in [-0.39, 0.29) is 0 Å². The molecule has 0 saturated carbocycles. The van der Waals surface area contributed by atoms with Crippen LogP contribution in [0.1, 0.15) is 25.8 Å². The molecule has 1 fully saturated rings. The van der Waals surface area contributed by atoms with Gasteiger partial charge in [0.15, 0.2) is 11.5 Å². The van der Waals surface area contributed by atoms with Crippen LogP contribution in [0.5, 0.6) is 11.5 Å². The second kappa shape index (κ2) is 7.50. The zero-order valence-electron chi connectivity index (χ0n) is 12.8. The van der Waals surface area contributed by atoms with E-state index < -0.39 is 0 Å². The van der Waals surface area contributed by atoms with Gasteiger partial charge in [-0.3, -0.25) is 4.90 Å². The Labute approximate surface area is 122 Å². The van der Waals surface area contributed by atoms with Gasteiger partial charge in [-0.15, -0.1) is 0 Å². The van der Waals surface area contributed by atoms with Crippen LogP contribution in [0.15, 0.2) is 18.2 Å². The van der Waals surface area contributed by atoms with Crippen molar-refractivity contribution in [1.82, 2.24) is 10.2 Å². The van der Waals surface area contributed by atoms with E-state index in [1.807, 2.05) is 6.07 Å². The lowest BCUT2D eigenvalue weighted by molar-refractivity contribution is 0.199. The monoisotopic (exact) mass is 278 g/mol. The molecule has 0 aliphatic carbocycles. The molecule has 1 heterocycles. The van der Waals surface area contributed by atoms with Crippen LogP contribution in [0, 0.1) is 0 Å². The lowest BCUT2D eigenvalue weighted by atomic mass is 10.1. The Morgan fingerprint density at radius 1 is 1.35 bits per heavy atom. The zero-order valence-corrected chi connectivity index (χ0v) is 12.8. The van der Waals surface area contributed by atoms with E-state index in [4.69, 9.17) is 9.47 Å². The van der Waals surface area contributed by atoms with Crippen LogP contribution in [0.4, 0.5) is 0 Å². The zero-order chi connectivity index (χ0) is 14.4. The molecule has 1 saturated heterocycles. The van der Waals surface area contributed by atoms with E-state index >= 15 is 0 Å². The van der Waals surface area contributed by atoms with Crippen molar-refractivity contribution in [2.75, 3.05) is 33.4 Å². The van der Waals surface area contributed by atoms with Crippen LogP contribution < -0.4 is 14.8 Å². The fourth-order valence-corrected chi connectivity index (χ4v) is 2.56. The first kappa shape index (κ1) is 15.1. The van der Waals surface area contributed by atoms with Crippen molar-refractivity contribution in [3.05, 3.63) is 23.8 Å². The number of ether oxygens (including phenoxy) is 2. The number of hydrogen-bond acceptors (Lipinski definition) is 4. The highest BCUT2D eigenvalue weighted by atomic mass is 16.5. The maximum atomic E-state index is 5.77. The number of benzene rings is 1. The Kier molecular flexibility index (Phi) is 5.68. The van der Waals surface area contributed by atoms with E-state index in [0.717, 1.165) is 50.7 Å². The third-order valence-corrected chi connectivity index (χ3v) is 3.55. The fraction of sp³-hybridized carbons (Fsp3) is 0.625. The predicted molar refractivity (Wildman–Crippen MR) is 81.5 cm³/mol. The maximum Gasteiger partial charge on any atom is 0.161 e. The van der Waals surface area contributed by atoms with Crippen LogP contribution >= 0.6 is 0 Å². The molecule has 0 amide bonds. The van der Waals surface area contributed by atoms with Crippen molar-refractivity contribution in [3.8, 4) is 11.5 Å². The quantitative estimate of drug-likeness (QED) is 0.865. The average molecular weight is 278 g/mol. The van der Waals surface area contributed by atoms with Crippen molar-refractivity contribution >= 4 is 0 Å². The van der Waals surface area contributed by atoms with Crippen molar-refractivity contribution < 1.29 is 9.47 Å². The summed E-state index contributed by atoms with van der Waals surface area (Å²) in [6, 6.07) is 6.81. The van der Waals surface area contributed by atoms with Crippen molar-refractivity contribution in [2.24, 2.45) is 0 Å². The van der Waals surface area contributed by atoms with E-state index in [1.165, 1.54) is 5.56 Å². The minimum Gasteiger partial charge on any atom is -0.493 e. The number of rotatable bonds is 6. The van der Waals surface area contributed by atoms with Gasteiger partial charge in [-0.2, -0.15) is 0 Å². The molecule has 0 radical (unpaired) electrons. The molecule has 1 aliphatic rings. The molecule has 1 aliphatic heterocycles. The van der Waals surface area contributed by atoms with Gasteiger partial charge in [-0.25, -0.2) is 0 Å². The number of piperazine rings is 1. The van der Waals surface area contributed by atoms with E-state index in [9.17, 15) is 0 Å². The second-order valence-corrected chi connectivity index (χ2v) is 5.42. The highest BCUT2D eigenvalue weighted by Gasteiger charge is 2.16. The minimum atomic E-state index is 0.567. The first-order valence-corrected chi connectivity index (χ1v) is 7.48. The Morgan fingerprint density at radius 3 is 2.90 bits per heavy atom. The summed E-state index contributed by atoms with van der Waals surface area (Å²) in [5.74, 6) is 1.67. The standard InChI is InChI=1S/C16H26N2O2/c1-4-9-20-16-10-14(5-6-15(16)19-3)12-18-8-7-17-13(2)11-18/h5-6,10,13,17H,4,7-9,11-12H2,1-3H3. The molecule has 1 aromatic carbocycles. The van der Waals surface area contributed by atoms with Gasteiger partial charge in [0.1, 0.15) is 0 Å². The normalized spacial score (nSPS) is 19.9. The molecule has 0 bridgehead atoms. The number of nitrogens with zero attached hydrogens (tertiary/aromatic N) is 1. The molecular weight excluding hydrogens is 252 g/mol. The predicted octanol–water partition coefficient (Wildman–Crippen LogP) is 2.28. The van der Waals surface area contributed by atoms with Crippen LogP contribution in [-0.2, 0) is 6.54 Å². The van der Waals surface area contributed by atoms with Gasteiger partial charge in [0.05, 0.1) is 13.7 Å². The summed E-state index contributed by atoms with van der Waals surface area (Å²) >= 11 is 0. The van der Waals surface area contributed by atoms with Gasteiger partial charge >= 0.3 is 0 Å². The lowest BCUT2D eigenvalue weighted by Gasteiger charge is -2.31. The van der Waals surface area contributed by atoms with E-state index in [0.29, 0.717) is 6.04 Å². The van der Waals surface area contributed by atoms with Crippen LogP contribution in [-0.4, -0.2) is 44.3 Å². The molecule has 1 unspecified atom stereocenters. The summed E-state index contributed by atoms with van der Waals surface area (Å²) in [5.41, 5.74) is 1.28. The molecule has 20 heavy (non-hydrogen) atoms. The number of nitrogens with one attached hydrogen (secondary N) is 1. The second-order valence-electron chi connectivity index (χ2n) is 5.42. The van der Waals surface area contributed by atoms with Gasteiger partial charge in [0, 0.05) is 32.2 Å². The molecular formula is C16H26N2O2. The summed E-state index contributed by atoms with van der Waals surface area (Å²) in [5, 5.41) is 3.47. The van der Waals surface area contributed by atoms with E-state index in [1.54, 1.807) is 7.11 Å². The Balaban J connectivity index is 2.03. The Bertz CT molecular complexity index is 423. The molecule has 0 spiro atoms. The summed E-state index contributed by atoms with van der Waals surface area (Å²) in [4.78, 5) is 2.48. The maximum absolute atomic E-state index is 5.77. The first-order chi connectivity index (χ1) is 9.72. The summed E-state index contributed by atoms with van der Waals surface area (Å²) in [7, 11) is 1.69. The van der Waals surface area contributed by atoms with Gasteiger partial charge in [-0.05, 0) is 31.0 Å². The Hall–Kier alpha value is -1.26. The van der Waals surface area contributed by atoms with Gasteiger partial charge < -0.3 is 14.8 Å².